The Labute approximate surface area is 227 Å². The number of piperidine rings is 1. The molecule has 208 valence electrons. The van der Waals surface area contributed by atoms with Crippen LogP contribution < -0.4 is 0 Å². The summed E-state index contributed by atoms with van der Waals surface area (Å²) >= 11 is 0. The molecule has 3 atom stereocenters. The third kappa shape index (κ3) is 6.17. The number of hydrogen-bond acceptors (Lipinski definition) is 8. The molecule has 0 unspecified atom stereocenters. The van der Waals surface area contributed by atoms with Crippen LogP contribution in [-0.2, 0) is 16.1 Å². The largest absolute Gasteiger partial charge is 0.479 e. The minimum absolute atomic E-state index is 0.0159. The zero-order valence-electron chi connectivity index (χ0n) is 22.5. The molecule has 39 heavy (non-hydrogen) atoms. The number of hydrogen-bond donors (Lipinski definition) is 1. The molecule has 1 saturated heterocycles. The molecule has 2 aromatic carbocycles. The highest BCUT2D eigenvalue weighted by atomic mass is 16.6. The fraction of sp³-hybridized carbons (Fsp3) is 0.483. The molecule has 10 nitrogen and oxygen atoms in total. The summed E-state index contributed by atoms with van der Waals surface area (Å²) < 4.78 is 6.63. The SMILES string of the molecule is CC1(C)CC(=O)C2=C(C1)O[C@@H]1[C@@H](CCCN1Cc1ccc([N+](=O)[O-])cc1)[C@@H]2c1ccc([N+](=O)[O-])cc1.CCO. The van der Waals surface area contributed by atoms with E-state index in [-0.39, 0.29) is 47.2 Å². The number of ether oxygens (including phenoxy) is 1. The predicted octanol–water partition coefficient (Wildman–Crippen LogP) is 5.50. The molecule has 0 bridgehead atoms. The average molecular weight is 538 g/mol. The number of allylic oxidation sites excluding steroid dienone is 2. The first kappa shape index (κ1) is 28.4. The Kier molecular flexibility index (Phi) is 8.46. The van der Waals surface area contributed by atoms with E-state index in [2.05, 4.69) is 18.7 Å². The monoisotopic (exact) mass is 537 g/mol. The number of rotatable bonds is 5. The summed E-state index contributed by atoms with van der Waals surface area (Å²) in [6.45, 7) is 7.46. The Hall–Kier alpha value is -3.63. The van der Waals surface area contributed by atoms with Gasteiger partial charge in [-0.2, -0.15) is 0 Å². The van der Waals surface area contributed by atoms with E-state index in [1.165, 1.54) is 24.3 Å². The molecule has 1 aliphatic carbocycles. The number of benzene rings is 2. The maximum Gasteiger partial charge on any atom is 0.269 e. The van der Waals surface area contributed by atoms with Crippen molar-refractivity contribution in [3.63, 3.8) is 0 Å². The van der Waals surface area contributed by atoms with Gasteiger partial charge in [0.05, 0.1) is 9.85 Å². The molecule has 0 saturated carbocycles. The number of nitro benzene ring substituents is 2. The van der Waals surface area contributed by atoms with Crippen LogP contribution in [0.1, 0.15) is 63.5 Å². The summed E-state index contributed by atoms with van der Waals surface area (Å²) in [6, 6.07) is 13.1. The van der Waals surface area contributed by atoms with Gasteiger partial charge >= 0.3 is 0 Å². The van der Waals surface area contributed by atoms with Crippen LogP contribution in [0.25, 0.3) is 0 Å². The molecule has 2 aromatic rings. The summed E-state index contributed by atoms with van der Waals surface area (Å²) in [6.07, 6.45) is 2.64. The Balaban J connectivity index is 0.00000112. The molecule has 0 amide bonds. The van der Waals surface area contributed by atoms with Crippen LogP contribution in [0.4, 0.5) is 11.4 Å². The Morgan fingerprint density at radius 1 is 1.00 bits per heavy atom. The molecular weight excluding hydrogens is 502 g/mol. The highest BCUT2D eigenvalue weighted by Gasteiger charge is 2.49. The number of nitro groups is 2. The van der Waals surface area contributed by atoms with Gasteiger partial charge in [-0.25, -0.2) is 0 Å². The van der Waals surface area contributed by atoms with E-state index in [1.54, 1.807) is 31.2 Å². The van der Waals surface area contributed by atoms with E-state index in [4.69, 9.17) is 9.84 Å². The van der Waals surface area contributed by atoms with Crippen molar-refractivity contribution in [1.82, 2.24) is 4.90 Å². The summed E-state index contributed by atoms with van der Waals surface area (Å²) in [5, 5.41) is 29.8. The van der Waals surface area contributed by atoms with Crippen molar-refractivity contribution in [2.75, 3.05) is 13.2 Å². The number of carbonyl (C=O) groups excluding carboxylic acids is 1. The van der Waals surface area contributed by atoms with Gasteiger partial charge in [0.2, 0.25) is 0 Å². The van der Waals surface area contributed by atoms with Crippen molar-refractivity contribution >= 4 is 17.2 Å². The number of Topliss-reactive ketones (excluding diaryl/α,β-unsaturated/α-hetero) is 1. The number of nitrogens with zero attached hydrogens (tertiary/aromatic N) is 3. The number of aliphatic hydroxyl groups excluding tert-OH is 1. The van der Waals surface area contributed by atoms with E-state index >= 15 is 0 Å². The fourth-order valence-corrected chi connectivity index (χ4v) is 6.00. The van der Waals surface area contributed by atoms with Crippen molar-refractivity contribution in [3.8, 4) is 0 Å². The molecular formula is C29H35N3O7. The van der Waals surface area contributed by atoms with Crippen LogP contribution in [0.3, 0.4) is 0 Å². The van der Waals surface area contributed by atoms with Crippen LogP contribution in [0.5, 0.6) is 0 Å². The van der Waals surface area contributed by atoms with Crippen molar-refractivity contribution in [2.45, 2.75) is 65.1 Å². The first-order valence-electron chi connectivity index (χ1n) is 13.3. The average Bonchev–Trinajstić information content (AvgIpc) is 2.88. The standard InChI is InChI=1S/C27H29N3O6.C2H6O/c1-27(2)14-22(31)25-23(15-27)36-26-21(24(25)18-7-11-20(12-8-18)30(34)35)4-3-13-28(26)16-17-5-9-19(10-6-17)29(32)33;1-2-3/h5-12,21,24,26H,3-4,13-16H2,1-2H3;3H,2H2,1H3/t21-,24-,26+;/m0./s1. The fourth-order valence-electron chi connectivity index (χ4n) is 6.00. The van der Waals surface area contributed by atoms with Gasteiger partial charge < -0.3 is 9.84 Å². The van der Waals surface area contributed by atoms with Crippen molar-refractivity contribution < 1.29 is 24.5 Å². The van der Waals surface area contributed by atoms with Gasteiger partial charge in [-0.05, 0) is 36.3 Å². The van der Waals surface area contributed by atoms with Crippen LogP contribution in [-0.4, -0.2) is 45.0 Å². The van der Waals surface area contributed by atoms with Gasteiger partial charge in [0.1, 0.15) is 5.76 Å². The van der Waals surface area contributed by atoms with Gasteiger partial charge in [-0.3, -0.25) is 29.9 Å². The lowest BCUT2D eigenvalue weighted by molar-refractivity contribution is -0.385. The van der Waals surface area contributed by atoms with E-state index in [9.17, 15) is 25.0 Å². The number of carbonyl (C=O) groups is 1. The van der Waals surface area contributed by atoms with Crippen molar-refractivity contribution in [1.29, 1.82) is 0 Å². The smallest absolute Gasteiger partial charge is 0.269 e. The number of aliphatic hydroxyl groups is 1. The van der Waals surface area contributed by atoms with Crippen LogP contribution >= 0.6 is 0 Å². The summed E-state index contributed by atoms with van der Waals surface area (Å²) in [4.78, 5) is 37.1. The second kappa shape index (κ2) is 11.6. The van der Waals surface area contributed by atoms with Crippen LogP contribution in [0.15, 0.2) is 59.9 Å². The minimum Gasteiger partial charge on any atom is -0.479 e. The summed E-state index contributed by atoms with van der Waals surface area (Å²) in [5.41, 5.74) is 2.45. The molecule has 0 radical (unpaired) electrons. The molecule has 1 fully saturated rings. The van der Waals surface area contributed by atoms with Gasteiger partial charge in [0.25, 0.3) is 11.4 Å². The third-order valence-corrected chi connectivity index (χ3v) is 7.59. The van der Waals surface area contributed by atoms with Gasteiger partial charge in [-0.1, -0.05) is 38.1 Å². The van der Waals surface area contributed by atoms with Crippen LogP contribution in [0.2, 0.25) is 0 Å². The van der Waals surface area contributed by atoms with Gasteiger partial charge in [0.15, 0.2) is 12.0 Å². The van der Waals surface area contributed by atoms with E-state index in [0.717, 1.165) is 41.8 Å². The first-order valence-corrected chi connectivity index (χ1v) is 13.3. The minimum atomic E-state index is -0.415. The molecule has 5 rings (SSSR count). The molecule has 0 spiro atoms. The van der Waals surface area contributed by atoms with Crippen molar-refractivity contribution in [3.05, 3.63) is 91.2 Å². The number of fused-ring (bicyclic) bond motifs is 1. The maximum atomic E-state index is 13.4. The number of non-ortho nitro benzene ring substituents is 2. The Morgan fingerprint density at radius 2 is 1.56 bits per heavy atom. The second-order valence-corrected chi connectivity index (χ2v) is 11.1. The van der Waals surface area contributed by atoms with Crippen LogP contribution in [0, 0.1) is 31.6 Å². The lowest BCUT2D eigenvalue weighted by atomic mass is 9.66. The predicted molar refractivity (Wildman–Crippen MR) is 145 cm³/mol. The van der Waals surface area contributed by atoms with E-state index < -0.39 is 9.85 Å². The highest BCUT2D eigenvalue weighted by Crippen LogP contribution is 2.52. The Morgan fingerprint density at radius 3 is 2.13 bits per heavy atom. The topological polar surface area (TPSA) is 136 Å². The molecule has 2 heterocycles. The Bertz CT molecular complexity index is 1250. The lowest BCUT2D eigenvalue weighted by Gasteiger charge is -2.50. The van der Waals surface area contributed by atoms with Crippen molar-refractivity contribution in [2.24, 2.45) is 11.3 Å². The quantitative estimate of drug-likeness (QED) is 0.390. The lowest BCUT2D eigenvalue weighted by Crippen LogP contribution is -2.52. The second-order valence-electron chi connectivity index (χ2n) is 11.1. The highest BCUT2D eigenvalue weighted by molar-refractivity contribution is 5.99. The first-order chi connectivity index (χ1) is 18.5. The zero-order valence-corrected chi connectivity index (χ0v) is 22.5. The van der Waals surface area contributed by atoms with Gasteiger partial charge in [0, 0.05) is 74.2 Å². The zero-order chi connectivity index (χ0) is 28.3. The van der Waals surface area contributed by atoms with E-state index in [0.29, 0.717) is 19.4 Å². The molecule has 2 aliphatic heterocycles. The summed E-state index contributed by atoms with van der Waals surface area (Å²) in [5.74, 6) is 0.650. The van der Waals surface area contributed by atoms with Gasteiger partial charge in [-0.15, -0.1) is 0 Å². The molecule has 1 N–H and O–H groups in total. The molecule has 3 aliphatic rings. The third-order valence-electron chi connectivity index (χ3n) is 7.59. The molecule has 0 aromatic heterocycles. The number of likely N-dealkylation sites (tertiary alicyclic amines) is 1. The molecule has 10 heteroatoms. The normalized spacial score (nSPS) is 24.0. The number of ketones is 1. The van der Waals surface area contributed by atoms with E-state index in [1.807, 2.05) is 0 Å². The summed E-state index contributed by atoms with van der Waals surface area (Å²) in [7, 11) is 0. The maximum absolute atomic E-state index is 13.4.